The molecule has 0 saturated heterocycles. The van der Waals surface area contributed by atoms with Crippen molar-refractivity contribution in [2.75, 3.05) is 6.54 Å². The molecule has 190 valence electrons. The summed E-state index contributed by atoms with van der Waals surface area (Å²) in [5.41, 5.74) is 0.798. The molecule has 1 aromatic heterocycles. The SMILES string of the molecule is CC1=CC(=O)N(CCC(=O)N[C@@H](Cc2c[nH]cn2)C(=O)N[C@@H](C)C(=O)N[C@@H](C)C(=O)C(C)C)C1=O. The molecule has 4 N–H and O–H groups in total. The number of amides is 5. The molecule has 1 aromatic rings. The van der Waals surface area contributed by atoms with Crippen LogP contribution in [0.4, 0.5) is 0 Å². The van der Waals surface area contributed by atoms with Gasteiger partial charge in [-0.2, -0.15) is 0 Å². The van der Waals surface area contributed by atoms with Crippen molar-refractivity contribution in [2.24, 2.45) is 5.92 Å². The Hall–Kier alpha value is -3.83. The van der Waals surface area contributed by atoms with Gasteiger partial charge in [-0.25, -0.2) is 4.98 Å². The molecule has 35 heavy (non-hydrogen) atoms. The lowest BCUT2D eigenvalue weighted by Crippen LogP contribution is -2.55. The number of ketones is 1. The van der Waals surface area contributed by atoms with Crippen LogP contribution < -0.4 is 16.0 Å². The summed E-state index contributed by atoms with van der Waals surface area (Å²) >= 11 is 0. The minimum atomic E-state index is -1.07. The summed E-state index contributed by atoms with van der Waals surface area (Å²) in [5, 5.41) is 7.70. The van der Waals surface area contributed by atoms with Crippen molar-refractivity contribution in [2.45, 2.75) is 65.6 Å². The first-order valence-corrected chi connectivity index (χ1v) is 11.4. The maximum absolute atomic E-state index is 12.9. The summed E-state index contributed by atoms with van der Waals surface area (Å²) < 4.78 is 0. The van der Waals surface area contributed by atoms with E-state index in [1.807, 2.05) is 0 Å². The van der Waals surface area contributed by atoms with Gasteiger partial charge in [0.25, 0.3) is 11.8 Å². The number of imide groups is 1. The van der Waals surface area contributed by atoms with Crippen LogP contribution in [0.1, 0.15) is 46.7 Å². The fraction of sp³-hybridized carbons (Fsp3) is 0.522. The third kappa shape index (κ3) is 7.59. The van der Waals surface area contributed by atoms with Gasteiger partial charge in [0.2, 0.25) is 17.7 Å². The maximum Gasteiger partial charge on any atom is 0.256 e. The molecule has 0 aliphatic carbocycles. The Kier molecular flexibility index (Phi) is 9.43. The van der Waals surface area contributed by atoms with Crippen molar-refractivity contribution in [3.05, 3.63) is 29.9 Å². The molecule has 0 saturated carbocycles. The van der Waals surface area contributed by atoms with Gasteiger partial charge >= 0.3 is 0 Å². The zero-order valence-electron chi connectivity index (χ0n) is 20.5. The molecule has 12 heteroatoms. The average molecular weight is 489 g/mol. The second-order valence-corrected chi connectivity index (χ2v) is 8.77. The largest absolute Gasteiger partial charge is 0.351 e. The van der Waals surface area contributed by atoms with Crippen molar-refractivity contribution < 1.29 is 28.8 Å². The van der Waals surface area contributed by atoms with Crippen LogP contribution in [0.15, 0.2) is 24.2 Å². The molecular formula is C23H32N6O6. The van der Waals surface area contributed by atoms with Gasteiger partial charge in [0, 0.05) is 43.2 Å². The predicted octanol–water partition coefficient (Wildman–Crippen LogP) is -0.623. The van der Waals surface area contributed by atoms with Crippen LogP contribution in [0.2, 0.25) is 0 Å². The molecule has 0 aromatic carbocycles. The van der Waals surface area contributed by atoms with Crippen molar-refractivity contribution in [3.63, 3.8) is 0 Å². The van der Waals surface area contributed by atoms with Crippen LogP contribution >= 0.6 is 0 Å². The van der Waals surface area contributed by atoms with E-state index in [1.54, 1.807) is 27.0 Å². The van der Waals surface area contributed by atoms with Crippen LogP contribution in [-0.4, -0.2) is 74.9 Å². The normalized spacial score (nSPS) is 15.9. The summed E-state index contributed by atoms with van der Waals surface area (Å²) in [6.07, 6.45) is 4.04. The Labute approximate surface area is 203 Å². The molecule has 2 rings (SSSR count). The fourth-order valence-corrected chi connectivity index (χ4v) is 3.44. The number of hydrogen-bond acceptors (Lipinski definition) is 7. The zero-order chi connectivity index (χ0) is 26.3. The van der Waals surface area contributed by atoms with Gasteiger partial charge in [0.15, 0.2) is 5.78 Å². The molecule has 1 aliphatic rings. The van der Waals surface area contributed by atoms with Gasteiger partial charge in [-0.1, -0.05) is 13.8 Å². The number of rotatable bonds is 12. The fourth-order valence-electron chi connectivity index (χ4n) is 3.44. The monoisotopic (exact) mass is 488 g/mol. The van der Waals surface area contributed by atoms with Gasteiger partial charge in [-0.3, -0.25) is 33.7 Å². The number of Topliss-reactive ketones (excluding diaryl/α,β-unsaturated/α-hetero) is 1. The summed E-state index contributed by atoms with van der Waals surface area (Å²) in [6.45, 7) is 7.88. The number of nitrogens with one attached hydrogen (secondary N) is 4. The van der Waals surface area contributed by atoms with Crippen molar-refractivity contribution in [3.8, 4) is 0 Å². The smallest absolute Gasteiger partial charge is 0.256 e. The molecule has 0 spiro atoms. The van der Waals surface area contributed by atoms with Crippen LogP contribution in [0.25, 0.3) is 0 Å². The Morgan fingerprint density at radius 3 is 2.20 bits per heavy atom. The molecule has 3 atom stereocenters. The second kappa shape index (κ2) is 12.0. The first-order valence-electron chi connectivity index (χ1n) is 11.4. The van der Waals surface area contributed by atoms with Gasteiger partial charge < -0.3 is 20.9 Å². The lowest BCUT2D eigenvalue weighted by atomic mass is 10.0. The lowest BCUT2D eigenvalue weighted by molar-refractivity contribution is -0.138. The van der Waals surface area contributed by atoms with Crippen molar-refractivity contribution in [1.29, 1.82) is 0 Å². The van der Waals surface area contributed by atoms with Crippen LogP contribution in [0.3, 0.4) is 0 Å². The number of H-pyrrole nitrogens is 1. The Morgan fingerprint density at radius 1 is 1.00 bits per heavy atom. The van der Waals surface area contributed by atoms with Gasteiger partial charge in [-0.05, 0) is 20.8 Å². The van der Waals surface area contributed by atoms with Crippen LogP contribution in [0.5, 0.6) is 0 Å². The quantitative estimate of drug-likeness (QED) is 0.284. The molecule has 5 amide bonds. The first-order chi connectivity index (χ1) is 16.4. The van der Waals surface area contributed by atoms with E-state index in [2.05, 4.69) is 25.9 Å². The third-order valence-corrected chi connectivity index (χ3v) is 5.48. The van der Waals surface area contributed by atoms with E-state index in [0.717, 1.165) is 4.90 Å². The summed E-state index contributed by atoms with van der Waals surface area (Å²) in [6, 6.07) is -2.76. The number of nitrogens with zero attached hydrogens (tertiary/aromatic N) is 2. The van der Waals surface area contributed by atoms with E-state index in [1.165, 1.54) is 26.3 Å². The Morgan fingerprint density at radius 2 is 1.66 bits per heavy atom. The van der Waals surface area contributed by atoms with Crippen LogP contribution in [0, 0.1) is 5.92 Å². The minimum absolute atomic E-state index is 0.0416. The van der Waals surface area contributed by atoms with E-state index in [4.69, 9.17) is 0 Å². The number of aromatic amines is 1. The maximum atomic E-state index is 12.9. The standard InChI is InChI=1S/C23H32N6O6/c1-12(2)20(32)14(4)26-21(33)15(5)27-22(34)17(9-16-10-24-11-25-16)28-18(30)6-7-29-19(31)8-13(3)23(29)35/h8,10-12,14-15,17H,6-7,9H2,1-5H3,(H,24,25)(H,26,33)(H,27,34)(H,28,30)/t14-,15-,17-/m0/s1. The Bertz CT molecular complexity index is 1020. The van der Waals surface area contributed by atoms with Crippen LogP contribution in [-0.2, 0) is 35.2 Å². The van der Waals surface area contributed by atoms with E-state index in [0.29, 0.717) is 11.3 Å². The predicted molar refractivity (Wildman–Crippen MR) is 124 cm³/mol. The molecule has 0 radical (unpaired) electrons. The van der Waals surface area contributed by atoms with E-state index in [9.17, 15) is 28.8 Å². The molecule has 0 bridgehead atoms. The molecule has 0 unspecified atom stereocenters. The molecule has 0 fully saturated rings. The number of hydrogen-bond donors (Lipinski definition) is 4. The highest BCUT2D eigenvalue weighted by molar-refractivity contribution is 6.16. The summed E-state index contributed by atoms with van der Waals surface area (Å²) in [5.74, 6) is -3.07. The zero-order valence-corrected chi connectivity index (χ0v) is 20.5. The molecule has 12 nitrogen and oxygen atoms in total. The molecule has 1 aliphatic heterocycles. The highest BCUT2D eigenvalue weighted by Crippen LogP contribution is 2.12. The van der Waals surface area contributed by atoms with E-state index in [-0.39, 0.29) is 31.1 Å². The Balaban J connectivity index is 1.98. The topological polar surface area (TPSA) is 170 Å². The number of imidazole rings is 1. The van der Waals surface area contributed by atoms with Gasteiger partial charge in [-0.15, -0.1) is 0 Å². The van der Waals surface area contributed by atoms with E-state index >= 15 is 0 Å². The number of carbonyl (C=O) groups excluding carboxylic acids is 6. The average Bonchev–Trinajstić information content (AvgIpc) is 3.38. The summed E-state index contributed by atoms with van der Waals surface area (Å²) in [4.78, 5) is 81.6. The number of aromatic nitrogens is 2. The lowest BCUT2D eigenvalue weighted by Gasteiger charge is -2.22. The number of carbonyl (C=O) groups is 6. The third-order valence-electron chi connectivity index (χ3n) is 5.48. The molecule has 2 heterocycles. The summed E-state index contributed by atoms with van der Waals surface area (Å²) in [7, 11) is 0. The van der Waals surface area contributed by atoms with E-state index < -0.39 is 47.7 Å². The molecular weight excluding hydrogens is 456 g/mol. The second-order valence-electron chi connectivity index (χ2n) is 8.77. The minimum Gasteiger partial charge on any atom is -0.351 e. The van der Waals surface area contributed by atoms with Crippen molar-refractivity contribution in [1.82, 2.24) is 30.8 Å². The van der Waals surface area contributed by atoms with Crippen molar-refractivity contribution >= 4 is 35.3 Å². The highest BCUT2D eigenvalue weighted by Gasteiger charge is 2.30. The van der Waals surface area contributed by atoms with Gasteiger partial charge in [0.1, 0.15) is 12.1 Å². The first kappa shape index (κ1) is 27.4. The highest BCUT2D eigenvalue weighted by atomic mass is 16.2. The van der Waals surface area contributed by atoms with Gasteiger partial charge in [0.05, 0.1) is 18.1 Å².